The third kappa shape index (κ3) is 4.20. The lowest BCUT2D eigenvalue weighted by molar-refractivity contribution is -0.111. The first-order chi connectivity index (χ1) is 12.1. The van der Waals surface area contributed by atoms with Crippen LogP contribution in [0.3, 0.4) is 0 Å². The quantitative estimate of drug-likeness (QED) is 0.657. The highest BCUT2D eigenvalue weighted by molar-refractivity contribution is 6.04. The Labute approximate surface area is 143 Å². The summed E-state index contributed by atoms with van der Waals surface area (Å²) in [4.78, 5) is 12.1. The predicted molar refractivity (Wildman–Crippen MR) is 94.7 cm³/mol. The van der Waals surface area contributed by atoms with Crippen molar-refractivity contribution in [3.63, 3.8) is 0 Å². The number of halogens is 2. The van der Waals surface area contributed by atoms with Crippen molar-refractivity contribution in [2.75, 3.05) is 5.32 Å². The van der Waals surface area contributed by atoms with Crippen molar-refractivity contribution < 1.29 is 18.3 Å². The van der Waals surface area contributed by atoms with E-state index in [9.17, 15) is 13.6 Å². The molecule has 1 amide bonds. The van der Waals surface area contributed by atoms with Gasteiger partial charge in [-0.3, -0.25) is 4.79 Å². The second kappa shape index (κ2) is 7.57. The first kappa shape index (κ1) is 16.6. The second-order valence-electron chi connectivity index (χ2n) is 5.27. The maximum Gasteiger partial charge on any atom is 0.387 e. The van der Waals surface area contributed by atoms with Crippen LogP contribution in [-0.2, 0) is 4.79 Å². The van der Waals surface area contributed by atoms with Crippen LogP contribution in [-0.4, -0.2) is 12.5 Å². The molecular weight excluding hydrogens is 324 g/mol. The fourth-order valence-corrected chi connectivity index (χ4v) is 2.50. The van der Waals surface area contributed by atoms with Crippen LogP contribution in [0.5, 0.6) is 5.75 Å². The van der Waals surface area contributed by atoms with Crippen LogP contribution in [0.4, 0.5) is 14.5 Å². The summed E-state index contributed by atoms with van der Waals surface area (Å²) in [5, 5.41) is 4.64. The average Bonchev–Trinajstić information content (AvgIpc) is 2.61. The first-order valence-electron chi connectivity index (χ1n) is 7.64. The van der Waals surface area contributed by atoms with E-state index in [1.165, 1.54) is 18.2 Å². The number of fused-ring (bicyclic) bond motifs is 1. The van der Waals surface area contributed by atoms with Crippen LogP contribution in [0.15, 0.2) is 72.8 Å². The highest BCUT2D eigenvalue weighted by Gasteiger charge is 2.10. The van der Waals surface area contributed by atoms with Gasteiger partial charge in [0.1, 0.15) is 5.75 Å². The summed E-state index contributed by atoms with van der Waals surface area (Å²) in [5.74, 6) is -0.511. The van der Waals surface area contributed by atoms with E-state index in [1.807, 2.05) is 42.5 Å². The van der Waals surface area contributed by atoms with Crippen LogP contribution >= 0.6 is 0 Å². The van der Waals surface area contributed by atoms with Gasteiger partial charge in [0.25, 0.3) is 0 Å². The van der Waals surface area contributed by atoms with Gasteiger partial charge in [-0.25, -0.2) is 0 Å². The lowest BCUT2D eigenvalue weighted by atomic mass is 10.0. The third-order valence-electron chi connectivity index (χ3n) is 3.60. The molecule has 0 radical (unpaired) electrons. The number of benzene rings is 3. The average molecular weight is 339 g/mol. The summed E-state index contributed by atoms with van der Waals surface area (Å²) in [6.07, 6.45) is 3.05. The smallest absolute Gasteiger partial charge is 0.387 e. The van der Waals surface area contributed by atoms with Gasteiger partial charge in [-0.1, -0.05) is 54.6 Å². The molecule has 3 aromatic rings. The molecule has 0 aliphatic heterocycles. The highest BCUT2D eigenvalue weighted by atomic mass is 19.3. The van der Waals surface area contributed by atoms with Crippen molar-refractivity contribution in [1.29, 1.82) is 0 Å². The molecule has 0 fully saturated rings. The van der Waals surface area contributed by atoms with E-state index >= 15 is 0 Å². The van der Waals surface area contributed by atoms with Gasteiger partial charge in [0, 0.05) is 6.08 Å². The molecule has 3 nitrogen and oxygen atoms in total. The standard InChI is InChI=1S/C20H15F2NO2/c21-20(22)25-18-11-4-3-10-17(18)23-19(24)13-12-15-8-5-7-14-6-1-2-9-16(14)15/h1-13,20H,(H,23,24)/b13-12+. The zero-order chi connectivity index (χ0) is 17.6. The molecule has 0 heterocycles. The van der Waals surface area contributed by atoms with E-state index in [2.05, 4.69) is 10.1 Å². The molecule has 126 valence electrons. The molecule has 0 atom stereocenters. The maximum atomic E-state index is 12.4. The van der Waals surface area contributed by atoms with Gasteiger partial charge in [-0.05, 0) is 34.5 Å². The van der Waals surface area contributed by atoms with E-state index in [0.29, 0.717) is 0 Å². The maximum absolute atomic E-state index is 12.4. The minimum atomic E-state index is -2.95. The zero-order valence-corrected chi connectivity index (χ0v) is 13.2. The Morgan fingerprint density at radius 2 is 1.68 bits per heavy atom. The summed E-state index contributed by atoms with van der Waals surface area (Å²) in [5.41, 5.74) is 1.08. The summed E-state index contributed by atoms with van der Waals surface area (Å²) >= 11 is 0. The number of hydrogen-bond acceptors (Lipinski definition) is 2. The molecule has 3 aromatic carbocycles. The molecule has 0 unspecified atom stereocenters. The zero-order valence-electron chi connectivity index (χ0n) is 13.2. The van der Waals surface area contributed by atoms with Crippen LogP contribution in [0.2, 0.25) is 0 Å². The third-order valence-corrected chi connectivity index (χ3v) is 3.60. The number of carbonyl (C=O) groups excluding carboxylic acids is 1. The fourth-order valence-electron chi connectivity index (χ4n) is 2.50. The normalized spacial score (nSPS) is 11.2. The van der Waals surface area contributed by atoms with Gasteiger partial charge in [-0.15, -0.1) is 0 Å². The van der Waals surface area contributed by atoms with E-state index in [-0.39, 0.29) is 11.4 Å². The predicted octanol–water partition coefficient (Wildman–Crippen LogP) is 5.09. The molecule has 1 N–H and O–H groups in total. The van der Waals surface area contributed by atoms with Crippen LogP contribution in [0, 0.1) is 0 Å². The molecule has 0 saturated carbocycles. The van der Waals surface area contributed by atoms with Crippen LogP contribution in [0.1, 0.15) is 5.56 Å². The Balaban J connectivity index is 1.78. The molecule has 0 saturated heterocycles. The van der Waals surface area contributed by atoms with Crippen molar-refractivity contribution >= 4 is 28.4 Å². The molecule has 3 rings (SSSR count). The minimum Gasteiger partial charge on any atom is -0.433 e. The van der Waals surface area contributed by atoms with Crippen molar-refractivity contribution in [2.45, 2.75) is 6.61 Å². The number of nitrogens with one attached hydrogen (secondary N) is 1. The van der Waals surface area contributed by atoms with Gasteiger partial charge in [0.05, 0.1) is 5.69 Å². The molecule has 25 heavy (non-hydrogen) atoms. The van der Waals surface area contributed by atoms with Gasteiger partial charge in [-0.2, -0.15) is 8.78 Å². The Bertz CT molecular complexity index is 917. The molecule has 0 bridgehead atoms. The number of alkyl halides is 2. The molecule has 0 spiro atoms. The van der Waals surface area contributed by atoms with Crippen LogP contribution < -0.4 is 10.1 Å². The second-order valence-corrected chi connectivity index (χ2v) is 5.27. The summed E-state index contributed by atoms with van der Waals surface area (Å²) in [6.45, 7) is -2.95. The number of rotatable bonds is 5. The lowest BCUT2D eigenvalue weighted by Crippen LogP contribution is -2.11. The Kier molecular flexibility index (Phi) is 5.04. The number of anilines is 1. The van der Waals surface area contributed by atoms with Crippen molar-refractivity contribution in [1.82, 2.24) is 0 Å². The number of ether oxygens (including phenoxy) is 1. The van der Waals surface area contributed by atoms with Gasteiger partial charge >= 0.3 is 6.61 Å². The monoisotopic (exact) mass is 339 g/mol. The minimum absolute atomic E-state index is 0.0792. The van der Waals surface area contributed by atoms with Crippen molar-refractivity contribution in [3.8, 4) is 5.75 Å². The summed E-state index contributed by atoms with van der Waals surface area (Å²) in [6, 6.07) is 19.7. The van der Waals surface area contributed by atoms with E-state index in [0.717, 1.165) is 16.3 Å². The number of para-hydroxylation sites is 2. The Morgan fingerprint density at radius 3 is 2.52 bits per heavy atom. The van der Waals surface area contributed by atoms with Crippen molar-refractivity contribution in [2.24, 2.45) is 0 Å². The first-order valence-corrected chi connectivity index (χ1v) is 7.64. The van der Waals surface area contributed by atoms with E-state index < -0.39 is 12.5 Å². The van der Waals surface area contributed by atoms with Crippen molar-refractivity contribution in [3.05, 3.63) is 78.4 Å². The highest BCUT2D eigenvalue weighted by Crippen LogP contribution is 2.25. The number of amides is 1. The topological polar surface area (TPSA) is 38.3 Å². The summed E-state index contributed by atoms with van der Waals surface area (Å²) in [7, 11) is 0. The Hall–Kier alpha value is -3.21. The van der Waals surface area contributed by atoms with Gasteiger partial charge in [0.15, 0.2) is 0 Å². The molecular formula is C20H15F2NO2. The van der Waals surface area contributed by atoms with Gasteiger partial charge < -0.3 is 10.1 Å². The molecule has 0 aliphatic carbocycles. The van der Waals surface area contributed by atoms with Gasteiger partial charge in [0.2, 0.25) is 5.91 Å². The number of carbonyl (C=O) groups is 1. The number of hydrogen-bond donors (Lipinski definition) is 1. The fraction of sp³-hybridized carbons (Fsp3) is 0.0500. The molecule has 5 heteroatoms. The summed E-state index contributed by atoms with van der Waals surface area (Å²) < 4.78 is 29.2. The van der Waals surface area contributed by atoms with Crippen LogP contribution in [0.25, 0.3) is 16.8 Å². The molecule has 0 aliphatic rings. The molecule has 0 aromatic heterocycles. The largest absolute Gasteiger partial charge is 0.433 e. The van der Waals surface area contributed by atoms with E-state index in [1.54, 1.807) is 18.2 Å². The van der Waals surface area contributed by atoms with E-state index in [4.69, 9.17) is 0 Å². The SMILES string of the molecule is O=C(/C=C/c1cccc2ccccc12)Nc1ccccc1OC(F)F. The Morgan fingerprint density at radius 1 is 0.960 bits per heavy atom. The lowest BCUT2D eigenvalue weighted by Gasteiger charge is -2.10.